The SMILES string of the molecule is COc1ccc(S(=O)(=O)N2C3CCC2CC(n2cc(Br)cn2)C3)cc1F. The zero-order chi connectivity index (χ0) is 18.5. The minimum absolute atomic E-state index is 0.0204. The molecule has 0 N–H and O–H groups in total. The molecule has 0 radical (unpaired) electrons. The number of fused-ring (bicyclic) bond motifs is 2. The van der Waals surface area contributed by atoms with Crippen molar-refractivity contribution in [3.05, 3.63) is 40.9 Å². The lowest BCUT2D eigenvalue weighted by atomic mass is 10.00. The van der Waals surface area contributed by atoms with E-state index in [4.69, 9.17) is 4.74 Å². The maximum absolute atomic E-state index is 14.0. The zero-order valence-electron chi connectivity index (χ0n) is 14.2. The van der Waals surface area contributed by atoms with Crippen molar-refractivity contribution < 1.29 is 17.5 Å². The van der Waals surface area contributed by atoms with Gasteiger partial charge in [-0.2, -0.15) is 9.40 Å². The predicted octanol–water partition coefficient (Wildman–Crippen LogP) is 3.35. The maximum atomic E-state index is 14.0. The lowest BCUT2D eigenvalue weighted by Gasteiger charge is -2.37. The van der Waals surface area contributed by atoms with Gasteiger partial charge in [0.25, 0.3) is 0 Å². The van der Waals surface area contributed by atoms with E-state index in [0.717, 1.165) is 23.4 Å². The van der Waals surface area contributed by atoms with E-state index in [0.29, 0.717) is 12.8 Å². The molecule has 0 spiro atoms. The van der Waals surface area contributed by atoms with Gasteiger partial charge in [0.1, 0.15) is 0 Å². The van der Waals surface area contributed by atoms with Crippen molar-refractivity contribution in [2.45, 2.75) is 48.7 Å². The number of benzene rings is 1. The largest absolute Gasteiger partial charge is 0.494 e. The van der Waals surface area contributed by atoms with Crippen LogP contribution in [0.2, 0.25) is 0 Å². The third-order valence-corrected chi connectivity index (χ3v) is 7.69. The molecule has 26 heavy (non-hydrogen) atoms. The number of hydrogen-bond donors (Lipinski definition) is 0. The number of nitrogens with zero attached hydrogens (tertiary/aromatic N) is 3. The Morgan fingerprint density at radius 1 is 1.23 bits per heavy atom. The van der Waals surface area contributed by atoms with Crippen LogP contribution in [0.5, 0.6) is 5.75 Å². The summed E-state index contributed by atoms with van der Waals surface area (Å²) in [6, 6.07) is 3.82. The average molecular weight is 444 g/mol. The quantitative estimate of drug-likeness (QED) is 0.726. The summed E-state index contributed by atoms with van der Waals surface area (Å²) in [5, 5.41) is 4.35. The number of methoxy groups -OCH3 is 1. The molecule has 0 amide bonds. The summed E-state index contributed by atoms with van der Waals surface area (Å²) in [5.41, 5.74) is 0. The molecule has 2 aromatic rings. The van der Waals surface area contributed by atoms with E-state index < -0.39 is 15.8 Å². The van der Waals surface area contributed by atoms with Crippen LogP contribution in [-0.2, 0) is 10.0 Å². The monoisotopic (exact) mass is 443 g/mol. The Hall–Kier alpha value is -1.45. The summed E-state index contributed by atoms with van der Waals surface area (Å²) in [6.07, 6.45) is 6.73. The van der Waals surface area contributed by atoms with Gasteiger partial charge in [-0.25, -0.2) is 12.8 Å². The Morgan fingerprint density at radius 3 is 2.46 bits per heavy atom. The van der Waals surface area contributed by atoms with Crippen molar-refractivity contribution in [3.63, 3.8) is 0 Å². The van der Waals surface area contributed by atoms with Crippen LogP contribution in [0.15, 0.2) is 40.0 Å². The molecule has 6 nitrogen and oxygen atoms in total. The van der Waals surface area contributed by atoms with E-state index >= 15 is 0 Å². The predicted molar refractivity (Wildman–Crippen MR) is 97.0 cm³/mol. The van der Waals surface area contributed by atoms with Crippen LogP contribution in [0.4, 0.5) is 4.39 Å². The van der Waals surface area contributed by atoms with Gasteiger partial charge in [0.05, 0.1) is 28.7 Å². The molecule has 1 aromatic carbocycles. The standard InChI is InChI=1S/C17H19BrFN3O3S/c1-25-17-5-4-15(8-16(17)19)26(23,24)22-12-2-3-13(22)7-14(6-12)21-10-11(18)9-20-21/h4-5,8-10,12-14H,2-3,6-7H2,1H3. The highest BCUT2D eigenvalue weighted by Gasteiger charge is 2.47. The summed E-state index contributed by atoms with van der Waals surface area (Å²) < 4.78 is 49.6. The number of piperidine rings is 1. The molecular weight excluding hydrogens is 425 g/mol. The highest BCUT2D eigenvalue weighted by molar-refractivity contribution is 9.10. The molecule has 140 valence electrons. The van der Waals surface area contributed by atoms with Crippen LogP contribution in [0.1, 0.15) is 31.7 Å². The van der Waals surface area contributed by atoms with Crippen molar-refractivity contribution in [2.75, 3.05) is 7.11 Å². The summed E-state index contributed by atoms with van der Waals surface area (Å²) in [4.78, 5) is -0.0204. The molecule has 4 rings (SSSR count). The molecule has 0 aliphatic carbocycles. The zero-order valence-corrected chi connectivity index (χ0v) is 16.6. The second kappa shape index (κ2) is 6.61. The first-order valence-electron chi connectivity index (χ1n) is 8.47. The maximum Gasteiger partial charge on any atom is 0.243 e. The number of aromatic nitrogens is 2. The highest BCUT2D eigenvalue weighted by Crippen LogP contribution is 2.44. The van der Waals surface area contributed by atoms with Crippen LogP contribution in [0.25, 0.3) is 0 Å². The topological polar surface area (TPSA) is 64.4 Å². The number of sulfonamides is 1. The third-order valence-electron chi connectivity index (χ3n) is 5.28. The molecule has 2 fully saturated rings. The van der Waals surface area contributed by atoms with E-state index in [2.05, 4.69) is 21.0 Å². The van der Waals surface area contributed by atoms with Gasteiger partial charge in [-0.3, -0.25) is 4.68 Å². The molecule has 0 saturated carbocycles. The first-order chi connectivity index (χ1) is 12.4. The van der Waals surface area contributed by atoms with Crippen LogP contribution in [0, 0.1) is 5.82 Å². The highest BCUT2D eigenvalue weighted by atomic mass is 79.9. The van der Waals surface area contributed by atoms with Gasteiger partial charge in [-0.1, -0.05) is 0 Å². The summed E-state index contributed by atoms with van der Waals surface area (Å²) in [6.45, 7) is 0. The third kappa shape index (κ3) is 2.95. The van der Waals surface area contributed by atoms with Gasteiger partial charge in [-0.05, 0) is 59.8 Å². The molecule has 1 aromatic heterocycles. The Labute approximate surface area is 160 Å². The molecule has 3 heterocycles. The van der Waals surface area contributed by atoms with E-state index in [1.54, 1.807) is 10.5 Å². The van der Waals surface area contributed by atoms with Gasteiger partial charge in [0.15, 0.2) is 11.6 Å². The van der Waals surface area contributed by atoms with E-state index in [1.165, 1.54) is 19.2 Å². The van der Waals surface area contributed by atoms with Gasteiger partial charge in [0, 0.05) is 18.3 Å². The van der Waals surface area contributed by atoms with Crippen molar-refractivity contribution in [3.8, 4) is 5.75 Å². The fourth-order valence-corrected chi connectivity index (χ4v) is 6.36. The number of ether oxygens (including phenoxy) is 1. The Kier molecular flexibility index (Phi) is 4.56. The fourth-order valence-electron chi connectivity index (χ4n) is 4.16. The van der Waals surface area contributed by atoms with Gasteiger partial charge in [0.2, 0.25) is 10.0 Å². The van der Waals surface area contributed by atoms with E-state index in [1.807, 2.05) is 10.9 Å². The minimum atomic E-state index is -3.75. The fraction of sp³-hybridized carbons (Fsp3) is 0.471. The molecule has 2 aliphatic rings. The molecule has 2 aliphatic heterocycles. The number of rotatable bonds is 4. The Bertz CT molecular complexity index is 919. The summed E-state index contributed by atoms with van der Waals surface area (Å²) in [5.74, 6) is -0.632. The van der Waals surface area contributed by atoms with Crippen LogP contribution in [-0.4, -0.2) is 41.7 Å². The summed E-state index contributed by atoms with van der Waals surface area (Å²) in [7, 11) is -2.39. The molecule has 2 atom stereocenters. The van der Waals surface area contributed by atoms with Gasteiger partial charge in [-0.15, -0.1) is 0 Å². The van der Waals surface area contributed by atoms with Crippen molar-refractivity contribution >= 4 is 26.0 Å². The average Bonchev–Trinajstić information content (AvgIpc) is 3.16. The van der Waals surface area contributed by atoms with E-state index in [-0.39, 0.29) is 28.8 Å². The first-order valence-corrected chi connectivity index (χ1v) is 10.7. The van der Waals surface area contributed by atoms with E-state index in [9.17, 15) is 12.8 Å². The molecule has 9 heteroatoms. The molecule has 2 unspecified atom stereocenters. The van der Waals surface area contributed by atoms with Crippen LogP contribution >= 0.6 is 15.9 Å². The lowest BCUT2D eigenvalue weighted by molar-refractivity contribution is 0.184. The number of halogens is 2. The second-order valence-corrected chi connectivity index (χ2v) is 9.54. The number of hydrogen-bond acceptors (Lipinski definition) is 4. The van der Waals surface area contributed by atoms with Crippen molar-refractivity contribution in [1.29, 1.82) is 0 Å². The van der Waals surface area contributed by atoms with Crippen molar-refractivity contribution in [1.82, 2.24) is 14.1 Å². The van der Waals surface area contributed by atoms with Gasteiger partial charge < -0.3 is 4.74 Å². The molecular formula is C17H19BrFN3O3S. The second-order valence-electron chi connectivity index (χ2n) is 6.78. The Balaban J connectivity index is 1.61. The van der Waals surface area contributed by atoms with Gasteiger partial charge >= 0.3 is 0 Å². The molecule has 2 bridgehead atoms. The van der Waals surface area contributed by atoms with Crippen molar-refractivity contribution in [2.24, 2.45) is 0 Å². The Morgan fingerprint density at radius 2 is 1.92 bits per heavy atom. The lowest BCUT2D eigenvalue weighted by Crippen LogP contribution is -2.46. The summed E-state index contributed by atoms with van der Waals surface area (Å²) >= 11 is 3.40. The van der Waals surface area contributed by atoms with Crippen LogP contribution in [0.3, 0.4) is 0 Å². The smallest absolute Gasteiger partial charge is 0.243 e. The first kappa shape index (κ1) is 17.9. The van der Waals surface area contributed by atoms with Crippen LogP contribution < -0.4 is 4.74 Å². The normalized spacial score (nSPS) is 26.2. The minimum Gasteiger partial charge on any atom is -0.494 e. The molecule has 2 saturated heterocycles.